The fraction of sp³-hybridized carbons (Fsp3) is 0.308. The highest BCUT2D eigenvalue weighted by molar-refractivity contribution is 5.60. The quantitative estimate of drug-likeness (QED) is 0.826. The van der Waals surface area contributed by atoms with Crippen LogP contribution in [-0.4, -0.2) is 17.2 Å². The van der Waals surface area contributed by atoms with Crippen molar-refractivity contribution in [3.8, 4) is 11.3 Å². The molecule has 0 radical (unpaired) electrons. The van der Waals surface area contributed by atoms with Crippen molar-refractivity contribution in [1.82, 2.24) is 15.5 Å². The molecule has 0 aliphatic heterocycles. The summed E-state index contributed by atoms with van der Waals surface area (Å²) in [6, 6.07) is 10.8. The highest BCUT2D eigenvalue weighted by Gasteiger charge is 2.08. The van der Waals surface area contributed by atoms with Gasteiger partial charge in [-0.1, -0.05) is 23.8 Å². The molecule has 0 bridgehead atoms. The first-order valence-corrected chi connectivity index (χ1v) is 5.50. The van der Waals surface area contributed by atoms with Crippen molar-refractivity contribution in [3.63, 3.8) is 0 Å². The van der Waals surface area contributed by atoms with Crippen LogP contribution < -0.4 is 5.32 Å². The van der Waals surface area contributed by atoms with E-state index in [9.17, 15) is 0 Å². The minimum Gasteiger partial charge on any atom is -0.312 e. The van der Waals surface area contributed by atoms with Gasteiger partial charge in [-0.2, -0.15) is 5.10 Å². The third-order valence-corrected chi connectivity index (χ3v) is 2.81. The van der Waals surface area contributed by atoms with Crippen molar-refractivity contribution < 1.29 is 0 Å². The Kier molecular flexibility index (Phi) is 3.06. The summed E-state index contributed by atoms with van der Waals surface area (Å²) in [5, 5.41) is 10.6. The molecule has 1 heterocycles. The minimum atomic E-state index is 0.297. The Morgan fingerprint density at radius 3 is 2.81 bits per heavy atom. The number of aryl methyl sites for hydroxylation is 1. The Morgan fingerprint density at radius 1 is 1.31 bits per heavy atom. The van der Waals surface area contributed by atoms with E-state index in [1.54, 1.807) is 0 Å². The van der Waals surface area contributed by atoms with Gasteiger partial charge in [-0.3, -0.25) is 5.10 Å². The Balaban J connectivity index is 2.31. The van der Waals surface area contributed by atoms with E-state index in [0.29, 0.717) is 6.04 Å². The topological polar surface area (TPSA) is 40.7 Å². The van der Waals surface area contributed by atoms with Crippen LogP contribution in [0.1, 0.15) is 24.2 Å². The lowest BCUT2D eigenvalue weighted by molar-refractivity contribution is 0.630. The second-order valence-electron chi connectivity index (χ2n) is 4.09. The number of hydrogen-bond acceptors (Lipinski definition) is 2. The first kappa shape index (κ1) is 10.9. The van der Waals surface area contributed by atoms with E-state index in [4.69, 9.17) is 0 Å². The number of benzene rings is 1. The van der Waals surface area contributed by atoms with Crippen molar-refractivity contribution in [2.75, 3.05) is 7.05 Å². The van der Waals surface area contributed by atoms with Gasteiger partial charge in [0.15, 0.2) is 0 Å². The Hall–Kier alpha value is -1.61. The summed E-state index contributed by atoms with van der Waals surface area (Å²) in [7, 11) is 1.94. The summed E-state index contributed by atoms with van der Waals surface area (Å²) in [5.74, 6) is 0. The first-order chi connectivity index (χ1) is 7.70. The maximum absolute atomic E-state index is 4.33. The zero-order chi connectivity index (χ0) is 11.5. The normalized spacial score (nSPS) is 12.7. The van der Waals surface area contributed by atoms with Crippen molar-refractivity contribution >= 4 is 0 Å². The Morgan fingerprint density at radius 2 is 2.12 bits per heavy atom. The van der Waals surface area contributed by atoms with Gasteiger partial charge in [0.25, 0.3) is 0 Å². The number of hydrogen-bond donors (Lipinski definition) is 2. The van der Waals surface area contributed by atoms with E-state index >= 15 is 0 Å². The molecular formula is C13H17N3. The molecular weight excluding hydrogens is 198 g/mol. The lowest BCUT2D eigenvalue weighted by Gasteiger charge is -2.05. The summed E-state index contributed by atoms with van der Waals surface area (Å²) >= 11 is 0. The Bertz CT molecular complexity index is 474. The summed E-state index contributed by atoms with van der Waals surface area (Å²) in [6.07, 6.45) is 0. The zero-order valence-electron chi connectivity index (χ0n) is 9.91. The van der Waals surface area contributed by atoms with E-state index in [2.05, 4.69) is 59.7 Å². The lowest BCUT2D eigenvalue weighted by atomic mass is 10.1. The molecule has 1 unspecified atom stereocenters. The first-order valence-electron chi connectivity index (χ1n) is 5.50. The predicted molar refractivity (Wildman–Crippen MR) is 66.2 cm³/mol. The third kappa shape index (κ3) is 2.14. The van der Waals surface area contributed by atoms with Gasteiger partial charge in [0, 0.05) is 11.6 Å². The highest BCUT2D eigenvalue weighted by atomic mass is 15.1. The van der Waals surface area contributed by atoms with Gasteiger partial charge in [0.05, 0.1) is 11.4 Å². The molecule has 2 aromatic rings. The van der Waals surface area contributed by atoms with Gasteiger partial charge in [-0.25, -0.2) is 0 Å². The molecule has 84 valence electrons. The molecule has 0 aliphatic carbocycles. The van der Waals surface area contributed by atoms with E-state index < -0.39 is 0 Å². The number of H-pyrrole nitrogens is 1. The van der Waals surface area contributed by atoms with Crippen LogP contribution in [0.2, 0.25) is 0 Å². The van der Waals surface area contributed by atoms with Crippen LogP contribution in [0.15, 0.2) is 30.3 Å². The smallest absolute Gasteiger partial charge is 0.0924 e. The molecule has 2 rings (SSSR count). The molecule has 0 saturated carbocycles. The van der Waals surface area contributed by atoms with E-state index in [-0.39, 0.29) is 0 Å². The van der Waals surface area contributed by atoms with E-state index in [0.717, 1.165) is 17.0 Å². The van der Waals surface area contributed by atoms with Crippen molar-refractivity contribution in [2.24, 2.45) is 0 Å². The number of aromatic nitrogens is 2. The van der Waals surface area contributed by atoms with E-state index in [1.165, 1.54) is 5.56 Å². The molecule has 1 aromatic heterocycles. The van der Waals surface area contributed by atoms with Crippen LogP contribution in [0.5, 0.6) is 0 Å². The van der Waals surface area contributed by atoms with Crippen LogP contribution >= 0.6 is 0 Å². The third-order valence-electron chi connectivity index (χ3n) is 2.81. The molecule has 0 saturated heterocycles. The van der Waals surface area contributed by atoms with Crippen molar-refractivity contribution in [3.05, 3.63) is 41.6 Å². The van der Waals surface area contributed by atoms with Gasteiger partial charge in [0.2, 0.25) is 0 Å². The maximum atomic E-state index is 4.33. The minimum absolute atomic E-state index is 0.297. The summed E-state index contributed by atoms with van der Waals surface area (Å²) in [5.41, 5.74) is 4.52. The van der Waals surface area contributed by atoms with Gasteiger partial charge < -0.3 is 5.32 Å². The summed E-state index contributed by atoms with van der Waals surface area (Å²) in [4.78, 5) is 0. The van der Waals surface area contributed by atoms with Crippen molar-refractivity contribution in [1.29, 1.82) is 0 Å². The highest BCUT2D eigenvalue weighted by Crippen LogP contribution is 2.20. The molecule has 1 atom stereocenters. The fourth-order valence-corrected chi connectivity index (χ4v) is 1.67. The molecule has 16 heavy (non-hydrogen) atoms. The molecule has 0 spiro atoms. The van der Waals surface area contributed by atoms with Crippen LogP contribution in [-0.2, 0) is 0 Å². The number of aromatic amines is 1. The predicted octanol–water partition coefficient (Wildman–Crippen LogP) is 2.67. The van der Waals surface area contributed by atoms with Gasteiger partial charge in [-0.15, -0.1) is 0 Å². The van der Waals surface area contributed by atoms with Crippen LogP contribution in [0.3, 0.4) is 0 Å². The molecule has 1 aromatic carbocycles. The number of nitrogens with one attached hydrogen (secondary N) is 2. The molecule has 0 fully saturated rings. The fourth-order valence-electron chi connectivity index (χ4n) is 1.67. The molecule has 0 aliphatic rings. The SMILES string of the molecule is CNC(C)c1cc(-c2cccc(C)c2)n[nH]1. The van der Waals surface area contributed by atoms with Crippen LogP contribution in [0, 0.1) is 6.92 Å². The summed E-state index contributed by atoms with van der Waals surface area (Å²) < 4.78 is 0. The van der Waals surface area contributed by atoms with Crippen molar-refractivity contribution in [2.45, 2.75) is 19.9 Å². The number of nitrogens with zero attached hydrogens (tertiary/aromatic N) is 1. The average molecular weight is 215 g/mol. The molecule has 0 amide bonds. The largest absolute Gasteiger partial charge is 0.312 e. The molecule has 2 N–H and O–H groups in total. The van der Waals surface area contributed by atoms with Crippen LogP contribution in [0.25, 0.3) is 11.3 Å². The maximum Gasteiger partial charge on any atom is 0.0924 e. The Labute approximate surface area is 95.9 Å². The lowest BCUT2D eigenvalue weighted by Crippen LogP contribution is -2.12. The molecule has 3 heteroatoms. The standard InChI is InChI=1S/C13H17N3/c1-9-5-4-6-11(7-9)13-8-12(15-16-13)10(2)14-3/h4-8,10,14H,1-3H3,(H,15,16). The second kappa shape index (κ2) is 4.49. The number of rotatable bonds is 3. The van der Waals surface area contributed by atoms with Gasteiger partial charge >= 0.3 is 0 Å². The van der Waals surface area contributed by atoms with E-state index in [1.807, 2.05) is 7.05 Å². The average Bonchev–Trinajstić information content (AvgIpc) is 2.77. The van der Waals surface area contributed by atoms with Crippen LogP contribution in [0.4, 0.5) is 0 Å². The summed E-state index contributed by atoms with van der Waals surface area (Å²) in [6.45, 7) is 4.20. The molecule has 3 nitrogen and oxygen atoms in total. The zero-order valence-corrected chi connectivity index (χ0v) is 9.91. The monoisotopic (exact) mass is 215 g/mol. The van der Waals surface area contributed by atoms with Gasteiger partial charge in [0.1, 0.15) is 0 Å². The second-order valence-corrected chi connectivity index (χ2v) is 4.09. The van der Waals surface area contributed by atoms with Gasteiger partial charge in [-0.05, 0) is 33.0 Å².